The summed E-state index contributed by atoms with van der Waals surface area (Å²) in [6.07, 6.45) is 0. The Balaban J connectivity index is 2.49. The zero-order chi connectivity index (χ0) is 11.0. The highest BCUT2D eigenvalue weighted by Gasteiger charge is 1.96. The molecule has 0 radical (unpaired) electrons. The zero-order valence-corrected chi connectivity index (χ0v) is 12.1. The SMILES string of the molecule is S=c1sc2scc3ccccc3csc2s1. The Kier molecular flexibility index (Phi) is 3.04. The second kappa shape index (κ2) is 4.50. The standard InChI is InChI=1S/C11H6S5/c12-11-15-9-10(16-11)14-6-8-4-2-1-3-7(8)5-13-9/h1-6H. The number of hydrogen-bond acceptors (Lipinski definition) is 5. The maximum atomic E-state index is 5.24. The van der Waals surface area contributed by atoms with E-state index < -0.39 is 0 Å². The van der Waals surface area contributed by atoms with Crippen molar-refractivity contribution in [3.05, 3.63) is 38.2 Å². The topological polar surface area (TPSA) is 0 Å². The van der Waals surface area contributed by atoms with Gasteiger partial charge in [0.2, 0.25) is 0 Å². The van der Waals surface area contributed by atoms with Crippen molar-refractivity contribution >= 4 is 76.4 Å². The first-order valence-corrected chi connectivity index (χ1v) is 8.36. The molecule has 1 aromatic carbocycles. The molecule has 0 atom stereocenters. The van der Waals surface area contributed by atoms with Gasteiger partial charge in [-0.25, -0.2) is 0 Å². The van der Waals surface area contributed by atoms with Crippen LogP contribution in [-0.2, 0) is 0 Å². The fraction of sp³-hybridized carbons (Fsp3) is 0. The average molecular weight is 299 g/mol. The number of hydrogen-bond donors (Lipinski definition) is 0. The minimum absolute atomic E-state index is 1.01. The van der Waals surface area contributed by atoms with E-state index in [9.17, 15) is 0 Å². The van der Waals surface area contributed by atoms with Gasteiger partial charge in [0.1, 0.15) is 11.2 Å². The Labute approximate surface area is 114 Å². The van der Waals surface area contributed by atoms with Crippen molar-refractivity contribution in [3.8, 4) is 0 Å². The van der Waals surface area contributed by atoms with Crippen molar-refractivity contribution in [2.75, 3.05) is 0 Å². The van der Waals surface area contributed by atoms with Gasteiger partial charge in [-0.1, -0.05) is 36.5 Å². The molecule has 0 unspecified atom stereocenters. The molecule has 0 aliphatic heterocycles. The van der Waals surface area contributed by atoms with Gasteiger partial charge in [-0.15, -0.1) is 45.3 Å². The highest BCUT2D eigenvalue weighted by molar-refractivity contribution is 7.78. The first-order chi connectivity index (χ1) is 7.83. The van der Waals surface area contributed by atoms with Crippen LogP contribution < -0.4 is 0 Å². The van der Waals surface area contributed by atoms with E-state index in [2.05, 4.69) is 35.0 Å². The summed E-state index contributed by atoms with van der Waals surface area (Å²) in [6.45, 7) is 0. The Morgan fingerprint density at radius 3 is 1.81 bits per heavy atom. The van der Waals surface area contributed by atoms with Crippen LogP contribution in [0.4, 0.5) is 0 Å². The Bertz CT molecular complexity index is 677. The van der Waals surface area contributed by atoms with Gasteiger partial charge in [-0.05, 0) is 10.8 Å². The van der Waals surface area contributed by atoms with E-state index in [0.29, 0.717) is 0 Å². The van der Waals surface area contributed by atoms with Crippen molar-refractivity contribution in [3.63, 3.8) is 0 Å². The summed E-state index contributed by atoms with van der Waals surface area (Å²) in [7, 11) is 0. The molecular weight excluding hydrogens is 292 g/mol. The van der Waals surface area contributed by atoms with E-state index in [1.165, 1.54) is 18.8 Å². The normalized spacial score (nSPS) is 10.8. The summed E-state index contributed by atoms with van der Waals surface area (Å²) in [5.74, 6) is 0. The Hall–Kier alpha value is -0.330. The fourth-order valence-electron chi connectivity index (χ4n) is 1.36. The van der Waals surface area contributed by atoms with Crippen molar-refractivity contribution in [1.29, 1.82) is 0 Å². The third-order valence-corrected chi connectivity index (χ3v) is 7.39. The molecular formula is C11H6S5. The smallest absolute Gasteiger partial charge is 0.130 e. The molecule has 16 heavy (non-hydrogen) atoms. The molecule has 3 aromatic rings. The molecule has 0 N–H and O–H groups in total. The highest BCUT2D eigenvalue weighted by Crippen LogP contribution is 2.33. The number of benzene rings is 1. The summed E-state index contributed by atoms with van der Waals surface area (Å²) in [6, 6.07) is 8.45. The van der Waals surface area contributed by atoms with Gasteiger partial charge in [0.25, 0.3) is 0 Å². The molecule has 2 heterocycles. The first-order valence-electron chi connectivity index (χ1n) is 4.55. The molecule has 80 valence electrons. The van der Waals surface area contributed by atoms with E-state index >= 15 is 0 Å². The van der Waals surface area contributed by atoms with Crippen molar-refractivity contribution < 1.29 is 0 Å². The summed E-state index contributed by atoms with van der Waals surface area (Å²) in [5, 5.41) is 7.00. The molecule has 5 heteroatoms. The lowest BCUT2D eigenvalue weighted by Gasteiger charge is -1.91. The predicted octanol–water partition coefficient (Wildman–Crippen LogP) is 6.09. The van der Waals surface area contributed by atoms with Crippen LogP contribution in [0, 0.1) is 3.14 Å². The van der Waals surface area contributed by atoms with Gasteiger partial charge in [0, 0.05) is 10.8 Å². The molecule has 0 fully saturated rings. The van der Waals surface area contributed by atoms with Crippen LogP contribution in [-0.4, -0.2) is 0 Å². The van der Waals surface area contributed by atoms with Gasteiger partial charge in [-0.3, -0.25) is 0 Å². The quantitative estimate of drug-likeness (QED) is 0.452. The van der Waals surface area contributed by atoms with E-state index in [4.69, 9.17) is 12.2 Å². The largest absolute Gasteiger partial charge is 0.146 e. The fourth-order valence-corrected chi connectivity index (χ4v) is 6.97. The van der Waals surface area contributed by atoms with E-state index in [-0.39, 0.29) is 0 Å². The molecule has 3 rings (SSSR count). The first kappa shape index (κ1) is 10.8. The van der Waals surface area contributed by atoms with Gasteiger partial charge >= 0.3 is 0 Å². The summed E-state index contributed by atoms with van der Waals surface area (Å²) >= 11 is 12.2. The second-order valence-corrected chi connectivity index (χ2v) is 8.63. The molecule has 0 nitrogen and oxygen atoms in total. The molecule has 0 saturated heterocycles. The lowest BCUT2D eigenvalue weighted by atomic mass is 10.2. The molecule has 0 bridgehead atoms. The van der Waals surface area contributed by atoms with Gasteiger partial charge < -0.3 is 0 Å². The molecule has 2 aromatic heterocycles. The minimum Gasteiger partial charge on any atom is -0.130 e. The maximum absolute atomic E-state index is 5.24. The van der Waals surface area contributed by atoms with E-state index in [1.807, 2.05) is 0 Å². The molecule has 0 aliphatic carbocycles. The lowest BCUT2D eigenvalue weighted by Crippen LogP contribution is -1.63. The highest BCUT2D eigenvalue weighted by atomic mass is 32.2. The average Bonchev–Trinajstić information content (AvgIpc) is 2.62. The Morgan fingerprint density at radius 2 is 1.31 bits per heavy atom. The number of fused-ring (bicyclic) bond motifs is 2. The van der Waals surface area contributed by atoms with Crippen LogP contribution in [0.3, 0.4) is 0 Å². The number of rotatable bonds is 0. The van der Waals surface area contributed by atoms with Gasteiger partial charge in [-0.2, -0.15) is 0 Å². The summed E-state index contributed by atoms with van der Waals surface area (Å²) in [4.78, 5) is 0. The minimum atomic E-state index is 1.01. The van der Waals surface area contributed by atoms with E-state index in [0.717, 1.165) is 3.14 Å². The Morgan fingerprint density at radius 1 is 0.812 bits per heavy atom. The third-order valence-electron chi connectivity index (χ3n) is 2.10. The van der Waals surface area contributed by atoms with Crippen LogP contribution in [0.15, 0.2) is 35.0 Å². The van der Waals surface area contributed by atoms with Gasteiger partial charge in [0.05, 0.1) is 0 Å². The van der Waals surface area contributed by atoms with Crippen LogP contribution in [0.25, 0.3) is 18.8 Å². The van der Waals surface area contributed by atoms with Crippen LogP contribution in [0.5, 0.6) is 0 Å². The zero-order valence-electron chi connectivity index (χ0n) is 8.01. The summed E-state index contributed by atoms with van der Waals surface area (Å²) in [5.41, 5.74) is 0. The van der Waals surface area contributed by atoms with Crippen LogP contribution >= 0.6 is 57.6 Å². The predicted molar refractivity (Wildman–Crippen MR) is 81.4 cm³/mol. The monoisotopic (exact) mass is 298 g/mol. The lowest BCUT2D eigenvalue weighted by molar-refractivity contribution is 1.84. The maximum Gasteiger partial charge on any atom is 0.146 e. The third kappa shape index (κ3) is 2.06. The molecule has 0 spiro atoms. The van der Waals surface area contributed by atoms with Crippen LogP contribution in [0.2, 0.25) is 0 Å². The van der Waals surface area contributed by atoms with Crippen molar-refractivity contribution in [2.24, 2.45) is 0 Å². The van der Waals surface area contributed by atoms with Gasteiger partial charge in [0.15, 0.2) is 0 Å². The van der Waals surface area contributed by atoms with Crippen molar-refractivity contribution in [2.45, 2.75) is 0 Å². The second-order valence-electron chi connectivity index (χ2n) is 3.13. The van der Waals surface area contributed by atoms with Crippen molar-refractivity contribution in [1.82, 2.24) is 0 Å². The molecule has 0 aliphatic rings. The van der Waals surface area contributed by atoms with Crippen LogP contribution in [0.1, 0.15) is 0 Å². The summed E-state index contributed by atoms with van der Waals surface area (Å²) < 4.78 is 3.66. The molecule has 0 amide bonds. The van der Waals surface area contributed by atoms with E-state index in [1.54, 1.807) is 45.3 Å². The molecule has 0 saturated carbocycles.